The van der Waals surface area contributed by atoms with Crippen molar-refractivity contribution < 1.29 is 27.9 Å². The Hall–Kier alpha value is -2.06. The molecule has 1 aromatic heterocycles. The lowest BCUT2D eigenvalue weighted by Gasteiger charge is -2.13. The number of alkyl halides is 3. The van der Waals surface area contributed by atoms with Gasteiger partial charge in [-0.1, -0.05) is 0 Å². The molecule has 0 aliphatic heterocycles. The predicted octanol–water partition coefficient (Wildman–Crippen LogP) is 0.847. The van der Waals surface area contributed by atoms with Crippen LogP contribution in [0.5, 0.6) is 0 Å². The minimum Gasteiger partial charge on any atom is -0.476 e. The van der Waals surface area contributed by atoms with Crippen LogP contribution in [-0.2, 0) is 4.79 Å². The molecule has 0 fully saturated rings. The van der Waals surface area contributed by atoms with Gasteiger partial charge < -0.3 is 10.4 Å². The molecule has 0 aliphatic rings. The van der Waals surface area contributed by atoms with E-state index in [1.807, 2.05) is 0 Å². The molecule has 1 aromatic rings. The fourth-order valence-electron chi connectivity index (χ4n) is 1.02. The number of H-pyrrole nitrogens is 1. The summed E-state index contributed by atoms with van der Waals surface area (Å²) >= 11 is 0. The molecule has 6 nitrogen and oxygen atoms in total. The second kappa shape index (κ2) is 4.44. The van der Waals surface area contributed by atoms with Gasteiger partial charge in [0.25, 0.3) is 0 Å². The smallest absolute Gasteiger partial charge is 0.471 e. The van der Waals surface area contributed by atoms with Crippen LogP contribution in [0, 0.1) is 0 Å². The zero-order valence-corrected chi connectivity index (χ0v) is 8.50. The maximum atomic E-state index is 11.9. The first kappa shape index (κ1) is 13.0. The van der Waals surface area contributed by atoms with E-state index >= 15 is 0 Å². The van der Waals surface area contributed by atoms with Gasteiger partial charge in [0.1, 0.15) is 0 Å². The number of hydrogen-bond donors (Lipinski definition) is 3. The van der Waals surface area contributed by atoms with Gasteiger partial charge in [-0.2, -0.15) is 18.3 Å². The van der Waals surface area contributed by atoms with Crippen LogP contribution in [0.15, 0.2) is 6.07 Å². The minimum atomic E-state index is -4.98. The van der Waals surface area contributed by atoms with Crippen LogP contribution in [0.25, 0.3) is 0 Å². The van der Waals surface area contributed by atoms with E-state index in [0.717, 1.165) is 6.07 Å². The summed E-state index contributed by atoms with van der Waals surface area (Å²) in [5.41, 5.74) is -0.270. The maximum absolute atomic E-state index is 11.9. The summed E-state index contributed by atoms with van der Waals surface area (Å²) in [6.45, 7) is 1.27. The van der Waals surface area contributed by atoms with E-state index in [1.54, 1.807) is 5.32 Å². The number of hydrogen-bond acceptors (Lipinski definition) is 3. The van der Waals surface area contributed by atoms with Gasteiger partial charge in [-0.25, -0.2) is 4.79 Å². The molecule has 0 saturated heterocycles. The van der Waals surface area contributed by atoms with Crippen molar-refractivity contribution in [1.29, 1.82) is 0 Å². The summed E-state index contributed by atoms with van der Waals surface area (Å²) in [5, 5.41) is 15.8. The molecule has 1 atom stereocenters. The van der Waals surface area contributed by atoms with Crippen LogP contribution in [0.2, 0.25) is 0 Å². The molecule has 0 spiro atoms. The van der Waals surface area contributed by atoms with Gasteiger partial charge in [0, 0.05) is 0 Å². The number of carboxylic acid groups (broad SMARTS) is 1. The number of nitrogens with zero attached hydrogens (tertiary/aromatic N) is 1. The number of carbonyl (C=O) groups is 2. The highest BCUT2D eigenvalue weighted by atomic mass is 19.4. The van der Waals surface area contributed by atoms with Crippen molar-refractivity contribution in [2.45, 2.75) is 19.1 Å². The number of amides is 1. The topological polar surface area (TPSA) is 95.1 Å². The van der Waals surface area contributed by atoms with Crippen molar-refractivity contribution in [2.24, 2.45) is 0 Å². The number of carboxylic acids is 1. The third kappa shape index (κ3) is 3.20. The van der Waals surface area contributed by atoms with E-state index in [4.69, 9.17) is 5.11 Å². The summed E-state index contributed by atoms with van der Waals surface area (Å²) in [5.74, 6) is -3.42. The number of nitrogens with one attached hydrogen (secondary N) is 2. The van der Waals surface area contributed by atoms with E-state index in [-0.39, 0.29) is 11.4 Å². The van der Waals surface area contributed by atoms with Gasteiger partial charge in [0.2, 0.25) is 0 Å². The number of halogens is 3. The quantitative estimate of drug-likeness (QED) is 0.742. The SMILES string of the molecule is CC(NC(=O)C(F)(F)F)c1cc(C(=O)O)n[nH]1. The highest BCUT2D eigenvalue weighted by Crippen LogP contribution is 2.17. The average Bonchev–Trinajstić information content (AvgIpc) is 2.64. The van der Waals surface area contributed by atoms with Crippen molar-refractivity contribution >= 4 is 11.9 Å². The molecular formula is C8H8F3N3O3. The van der Waals surface area contributed by atoms with Crippen LogP contribution in [0.4, 0.5) is 13.2 Å². The monoisotopic (exact) mass is 251 g/mol. The molecule has 1 heterocycles. The van der Waals surface area contributed by atoms with Crippen molar-refractivity contribution in [2.75, 3.05) is 0 Å². The molecule has 1 unspecified atom stereocenters. The molecule has 0 aliphatic carbocycles. The molecular weight excluding hydrogens is 243 g/mol. The Balaban J connectivity index is 2.73. The van der Waals surface area contributed by atoms with Crippen molar-refractivity contribution in [1.82, 2.24) is 15.5 Å². The van der Waals surface area contributed by atoms with E-state index in [9.17, 15) is 22.8 Å². The van der Waals surface area contributed by atoms with E-state index < -0.39 is 24.1 Å². The standard InChI is InChI=1S/C8H8F3N3O3/c1-3(12-7(17)8(9,10)11)4-2-5(6(15)16)14-13-4/h2-3H,1H3,(H,12,17)(H,13,14)(H,15,16). The number of aromatic amines is 1. The molecule has 3 N–H and O–H groups in total. The van der Waals surface area contributed by atoms with E-state index in [2.05, 4.69) is 10.2 Å². The molecule has 94 valence electrons. The average molecular weight is 251 g/mol. The van der Waals surface area contributed by atoms with Crippen molar-refractivity contribution in [3.8, 4) is 0 Å². The third-order valence-electron chi connectivity index (χ3n) is 1.89. The van der Waals surface area contributed by atoms with Crippen LogP contribution in [0.1, 0.15) is 29.1 Å². The lowest BCUT2D eigenvalue weighted by molar-refractivity contribution is -0.174. The number of aromatic carboxylic acids is 1. The van der Waals surface area contributed by atoms with Crippen LogP contribution >= 0.6 is 0 Å². The zero-order chi connectivity index (χ0) is 13.2. The van der Waals surface area contributed by atoms with Crippen LogP contribution in [-0.4, -0.2) is 33.4 Å². The largest absolute Gasteiger partial charge is 0.476 e. The maximum Gasteiger partial charge on any atom is 0.471 e. The Morgan fingerprint density at radius 2 is 2.12 bits per heavy atom. The Labute approximate surface area is 92.8 Å². The Morgan fingerprint density at radius 1 is 1.53 bits per heavy atom. The molecule has 0 bridgehead atoms. The fraction of sp³-hybridized carbons (Fsp3) is 0.375. The molecule has 9 heteroatoms. The van der Waals surface area contributed by atoms with Gasteiger partial charge in [-0.3, -0.25) is 9.89 Å². The number of aromatic nitrogens is 2. The summed E-state index contributed by atoms with van der Waals surface area (Å²) < 4.78 is 35.8. The van der Waals surface area contributed by atoms with Gasteiger partial charge in [0.15, 0.2) is 5.69 Å². The molecule has 0 radical (unpaired) electrons. The Morgan fingerprint density at radius 3 is 2.53 bits per heavy atom. The first-order chi connectivity index (χ1) is 7.71. The predicted molar refractivity (Wildman–Crippen MR) is 48.2 cm³/mol. The second-order valence-electron chi connectivity index (χ2n) is 3.21. The summed E-state index contributed by atoms with van der Waals surface area (Å²) in [7, 11) is 0. The Bertz CT molecular complexity index is 441. The van der Waals surface area contributed by atoms with Crippen LogP contribution < -0.4 is 5.32 Å². The summed E-state index contributed by atoms with van der Waals surface area (Å²) in [6, 6.07) is 0.0219. The summed E-state index contributed by atoms with van der Waals surface area (Å²) in [6.07, 6.45) is -4.98. The van der Waals surface area contributed by atoms with Gasteiger partial charge in [-0.05, 0) is 13.0 Å². The lowest BCUT2D eigenvalue weighted by atomic mass is 10.2. The first-order valence-electron chi connectivity index (χ1n) is 4.38. The Kier molecular flexibility index (Phi) is 3.39. The molecule has 0 aromatic carbocycles. The first-order valence-corrected chi connectivity index (χ1v) is 4.38. The lowest BCUT2D eigenvalue weighted by Crippen LogP contribution is -2.38. The van der Waals surface area contributed by atoms with Gasteiger partial charge >= 0.3 is 18.1 Å². The number of rotatable bonds is 3. The highest BCUT2D eigenvalue weighted by Gasteiger charge is 2.39. The normalized spacial score (nSPS) is 13.2. The van der Waals surface area contributed by atoms with Gasteiger partial charge in [-0.15, -0.1) is 0 Å². The number of carbonyl (C=O) groups excluding carboxylic acids is 1. The van der Waals surface area contributed by atoms with E-state index in [1.165, 1.54) is 6.92 Å². The highest BCUT2D eigenvalue weighted by molar-refractivity contribution is 5.85. The van der Waals surface area contributed by atoms with Crippen LogP contribution in [0.3, 0.4) is 0 Å². The van der Waals surface area contributed by atoms with Crippen molar-refractivity contribution in [3.63, 3.8) is 0 Å². The molecule has 17 heavy (non-hydrogen) atoms. The molecule has 0 saturated carbocycles. The summed E-state index contributed by atoms with van der Waals surface area (Å²) in [4.78, 5) is 21.1. The fourth-order valence-corrected chi connectivity index (χ4v) is 1.02. The third-order valence-corrected chi connectivity index (χ3v) is 1.89. The van der Waals surface area contributed by atoms with E-state index in [0.29, 0.717) is 0 Å². The van der Waals surface area contributed by atoms with Crippen molar-refractivity contribution in [3.05, 3.63) is 17.5 Å². The van der Waals surface area contributed by atoms with Gasteiger partial charge in [0.05, 0.1) is 11.7 Å². The zero-order valence-electron chi connectivity index (χ0n) is 8.50. The molecule has 1 rings (SSSR count). The molecule has 1 amide bonds. The second-order valence-corrected chi connectivity index (χ2v) is 3.21. The minimum absolute atomic E-state index is 0.0694.